The molecule has 21 heavy (non-hydrogen) atoms. The van der Waals surface area contributed by atoms with Gasteiger partial charge in [0.1, 0.15) is 5.69 Å². The van der Waals surface area contributed by atoms with E-state index in [1.165, 1.54) is 4.68 Å². The van der Waals surface area contributed by atoms with Crippen molar-refractivity contribution in [2.45, 2.75) is 25.9 Å². The number of carbonyl (C=O) groups excluding carboxylic acids is 1. The number of carbonyl (C=O) groups is 1. The fraction of sp³-hybridized carbons (Fsp3) is 0.769. The number of nitrogens with zero attached hydrogens (tertiary/aromatic N) is 4. The van der Waals surface area contributed by atoms with Crippen LogP contribution in [0.25, 0.3) is 0 Å². The molecule has 0 spiro atoms. The summed E-state index contributed by atoms with van der Waals surface area (Å²) in [5.74, 6) is -0.296. The van der Waals surface area contributed by atoms with Crippen LogP contribution in [0.2, 0.25) is 0 Å². The van der Waals surface area contributed by atoms with Crippen LogP contribution in [0.15, 0.2) is 6.20 Å². The van der Waals surface area contributed by atoms with E-state index in [2.05, 4.69) is 20.5 Å². The van der Waals surface area contributed by atoms with E-state index >= 15 is 0 Å². The quantitative estimate of drug-likeness (QED) is 0.662. The number of nitrogens with one attached hydrogen (secondary N) is 1. The normalized spacial score (nSPS) is 18.2. The van der Waals surface area contributed by atoms with E-state index in [4.69, 9.17) is 9.84 Å². The molecule has 1 unspecified atom stereocenters. The molecule has 1 aliphatic rings. The third-order valence-corrected chi connectivity index (χ3v) is 3.42. The summed E-state index contributed by atoms with van der Waals surface area (Å²) < 4.78 is 6.73. The predicted octanol–water partition coefficient (Wildman–Crippen LogP) is -0.830. The molecule has 0 bridgehead atoms. The van der Waals surface area contributed by atoms with Crippen molar-refractivity contribution in [1.82, 2.24) is 25.2 Å². The maximum atomic E-state index is 12.3. The molecule has 0 amide bonds. The first-order valence-corrected chi connectivity index (χ1v) is 7.38. The van der Waals surface area contributed by atoms with Gasteiger partial charge < -0.3 is 15.2 Å². The number of hydrogen-bond acceptors (Lipinski definition) is 7. The highest BCUT2D eigenvalue weighted by molar-refractivity contribution is 5.77. The zero-order valence-corrected chi connectivity index (χ0v) is 12.4. The number of esters is 1. The monoisotopic (exact) mass is 297 g/mol. The second-order valence-electron chi connectivity index (χ2n) is 4.92. The summed E-state index contributed by atoms with van der Waals surface area (Å²) in [6.45, 7) is 5.84. The third kappa shape index (κ3) is 4.23. The van der Waals surface area contributed by atoms with Crippen LogP contribution in [0.4, 0.5) is 0 Å². The molecule has 0 saturated carbocycles. The summed E-state index contributed by atoms with van der Waals surface area (Å²) in [5, 5.41) is 20.3. The summed E-state index contributed by atoms with van der Waals surface area (Å²) >= 11 is 0. The molecule has 1 aliphatic heterocycles. The van der Waals surface area contributed by atoms with Crippen LogP contribution >= 0.6 is 0 Å². The lowest BCUT2D eigenvalue weighted by Crippen LogP contribution is -2.38. The van der Waals surface area contributed by atoms with Crippen LogP contribution in [-0.2, 0) is 16.1 Å². The Bertz CT molecular complexity index is 443. The zero-order valence-electron chi connectivity index (χ0n) is 12.4. The summed E-state index contributed by atoms with van der Waals surface area (Å²) in [6, 6.07) is -0.530. The predicted molar refractivity (Wildman–Crippen MR) is 75.5 cm³/mol. The van der Waals surface area contributed by atoms with Gasteiger partial charge >= 0.3 is 5.97 Å². The Labute approximate surface area is 124 Å². The largest absolute Gasteiger partial charge is 0.465 e. The van der Waals surface area contributed by atoms with Crippen molar-refractivity contribution in [3.05, 3.63) is 11.9 Å². The van der Waals surface area contributed by atoms with Crippen LogP contribution in [0.5, 0.6) is 0 Å². The second-order valence-corrected chi connectivity index (χ2v) is 4.92. The van der Waals surface area contributed by atoms with Crippen LogP contribution in [0.1, 0.15) is 25.1 Å². The van der Waals surface area contributed by atoms with Crippen LogP contribution in [0.3, 0.4) is 0 Å². The molecule has 2 N–H and O–H groups in total. The topological polar surface area (TPSA) is 92.5 Å². The number of rotatable bonds is 6. The van der Waals surface area contributed by atoms with Gasteiger partial charge in [-0.05, 0) is 19.9 Å². The molecular weight excluding hydrogens is 274 g/mol. The lowest BCUT2D eigenvalue weighted by Gasteiger charge is -2.26. The molecule has 0 radical (unpaired) electrons. The molecule has 0 aromatic carbocycles. The Kier molecular flexibility index (Phi) is 6.09. The van der Waals surface area contributed by atoms with E-state index < -0.39 is 6.04 Å². The van der Waals surface area contributed by atoms with Gasteiger partial charge in [0.2, 0.25) is 0 Å². The minimum absolute atomic E-state index is 0.0134. The first kappa shape index (κ1) is 15.9. The highest BCUT2D eigenvalue weighted by Gasteiger charge is 2.31. The third-order valence-electron chi connectivity index (χ3n) is 3.42. The Balaban J connectivity index is 2.18. The van der Waals surface area contributed by atoms with E-state index in [0.29, 0.717) is 18.8 Å². The highest BCUT2D eigenvalue weighted by atomic mass is 16.5. The van der Waals surface area contributed by atoms with Gasteiger partial charge in [-0.2, -0.15) is 0 Å². The van der Waals surface area contributed by atoms with Crippen LogP contribution in [-0.4, -0.2) is 70.4 Å². The average molecular weight is 297 g/mol. The van der Waals surface area contributed by atoms with Crippen molar-refractivity contribution in [2.75, 3.05) is 39.4 Å². The van der Waals surface area contributed by atoms with E-state index in [1.54, 1.807) is 13.1 Å². The molecule has 0 aliphatic carbocycles. The minimum Gasteiger partial charge on any atom is -0.465 e. The van der Waals surface area contributed by atoms with Crippen LogP contribution < -0.4 is 5.32 Å². The maximum absolute atomic E-state index is 12.3. The molecule has 1 saturated heterocycles. The van der Waals surface area contributed by atoms with E-state index in [0.717, 1.165) is 32.6 Å². The minimum atomic E-state index is -0.530. The molecule has 8 heteroatoms. The number of aliphatic hydroxyl groups is 1. The summed E-state index contributed by atoms with van der Waals surface area (Å²) in [5.41, 5.74) is 0.573. The van der Waals surface area contributed by atoms with Crippen molar-refractivity contribution < 1.29 is 14.6 Å². The van der Waals surface area contributed by atoms with E-state index in [-0.39, 0.29) is 12.6 Å². The standard InChI is InChI=1S/C13H23N5O3/c1-2-21-13(20)12(17-6-3-4-14-5-7-17)11-10-18(8-9-19)16-15-11/h10,12,14,19H,2-9H2,1H3. The summed E-state index contributed by atoms with van der Waals surface area (Å²) in [6.07, 6.45) is 2.68. The Hall–Kier alpha value is -1.51. The Morgan fingerprint density at radius 3 is 3.14 bits per heavy atom. The number of aromatic nitrogens is 3. The number of ether oxygens (including phenoxy) is 1. The Morgan fingerprint density at radius 1 is 1.52 bits per heavy atom. The SMILES string of the molecule is CCOC(=O)C(c1cn(CCO)nn1)N1CCCNCC1. The molecule has 1 fully saturated rings. The van der Waals surface area contributed by atoms with E-state index in [1.807, 2.05) is 0 Å². The first-order valence-electron chi connectivity index (χ1n) is 7.38. The lowest BCUT2D eigenvalue weighted by atomic mass is 10.1. The molecule has 2 heterocycles. The van der Waals surface area contributed by atoms with Gasteiger partial charge in [0.05, 0.1) is 26.0 Å². The van der Waals surface area contributed by atoms with Gasteiger partial charge in [-0.15, -0.1) is 5.10 Å². The van der Waals surface area contributed by atoms with Crippen LogP contribution in [0, 0.1) is 0 Å². The second kappa shape index (κ2) is 8.06. The van der Waals surface area contributed by atoms with Gasteiger partial charge in [0.25, 0.3) is 0 Å². The van der Waals surface area contributed by atoms with Gasteiger partial charge in [-0.3, -0.25) is 4.90 Å². The van der Waals surface area contributed by atoms with Gasteiger partial charge in [0, 0.05) is 19.6 Å². The lowest BCUT2D eigenvalue weighted by molar-refractivity contribution is -0.150. The maximum Gasteiger partial charge on any atom is 0.329 e. The summed E-state index contributed by atoms with van der Waals surface area (Å²) in [7, 11) is 0. The van der Waals surface area contributed by atoms with Crippen molar-refractivity contribution >= 4 is 5.97 Å². The fourth-order valence-electron chi connectivity index (χ4n) is 2.45. The summed E-state index contributed by atoms with van der Waals surface area (Å²) in [4.78, 5) is 14.4. The number of hydrogen-bond donors (Lipinski definition) is 2. The van der Waals surface area contributed by atoms with Crippen molar-refractivity contribution in [3.63, 3.8) is 0 Å². The van der Waals surface area contributed by atoms with E-state index in [9.17, 15) is 4.79 Å². The van der Waals surface area contributed by atoms with Crippen molar-refractivity contribution in [1.29, 1.82) is 0 Å². The van der Waals surface area contributed by atoms with Gasteiger partial charge in [0.15, 0.2) is 6.04 Å². The Morgan fingerprint density at radius 2 is 2.38 bits per heavy atom. The first-order chi connectivity index (χ1) is 10.3. The zero-order chi connectivity index (χ0) is 15.1. The van der Waals surface area contributed by atoms with Gasteiger partial charge in [-0.1, -0.05) is 5.21 Å². The average Bonchev–Trinajstić information content (AvgIpc) is 2.75. The number of aliphatic hydroxyl groups excluding tert-OH is 1. The molecular formula is C13H23N5O3. The smallest absolute Gasteiger partial charge is 0.329 e. The highest BCUT2D eigenvalue weighted by Crippen LogP contribution is 2.21. The molecule has 1 aromatic rings. The molecule has 8 nitrogen and oxygen atoms in total. The molecule has 1 atom stereocenters. The van der Waals surface area contributed by atoms with Crippen molar-refractivity contribution in [2.24, 2.45) is 0 Å². The molecule has 2 rings (SSSR count). The fourth-order valence-corrected chi connectivity index (χ4v) is 2.45. The molecule has 1 aromatic heterocycles. The van der Waals surface area contributed by atoms with Crippen molar-refractivity contribution in [3.8, 4) is 0 Å². The molecule has 118 valence electrons. The van der Waals surface area contributed by atoms with Gasteiger partial charge in [-0.25, -0.2) is 9.48 Å².